The second kappa shape index (κ2) is 9.06. The Hall–Kier alpha value is -2.60. The van der Waals surface area contributed by atoms with Gasteiger partial charge in [-0.15, -0.1) is 0 Å². The molecule has 0 radical (unpaired) electrons. The topological polar surface area (TPSA) is 73.4 Å². The summed E-state index contributed by atoms with van der Waals surface area (Å²) in [5.74, 6) is 2.61. The Morgan fingerprint density at radius 1 is 1.25 bits per heavy atom. The van der Waals surface area contributed by atoms with E-state index in [1.807, 2.05) is 17.4 Å². The Morgan fingerprint density at radius 3 is 2.75 bits per heavy atom. The number of nitrogens with one attached hydrogen (secondary N) is 2. The first-order chi connectivity index (χ1) is 13.5. The smallest absolute Gasteiger partial charge is 0.134 e. The summed E-state index contributed by atoms with van der Waals surface area (Å²) in [5, 5.41) is 14.9. The number of halogens is 1. The molecule has 0 aromatic heterocycles. The van der Waals surface area contributed by atoms with Crippen LogP contribution in [0.4, 0.5) is 9.18 Å². The first-order valence-corrected chi connectivity index (χ1v) is 9.66. The van der Waals surface area contributed by atoms with Crippen LogP contribution in [0.2, 0.25) is 0 Å². The Labute approximate surface area is 164 Å². The summed E-state index contributed by atoms with van der Waals surface area (Å²) in [5.41, 5.74) is 3.75. The summed E-state index contributed by atoms with van der Waals surface area (Å²) in [6.45, 7) is 7.01. The van der Waals surface area contributed by atoms with Crippen LogP contribution in [0.1, 0.15) is 42.4 Å². The van der Waals surface area contributed by atoms with E-state index in [4.69, 9.17) is 4.74 Å². The largest absolute Gasteiger partial charge is 0.530 e. The molecule has 1 aliphatic heterocycles. The fourth-order valence-electron chi connectivity index (χ4n) is 4.11. The lowest BCUT2D eigenvalue weighted by atomic mass is 9.91. The fraction of sp³-hybridized carbons (Fsp3) is 0.409. The second-order valence-corrected chi connectivity index (χ2v) is 7.24. The van der Waals surface area contributed by atoms with E-state index < -0.39 is 6.09 Å². The van der Waals surface area contributed by atoms with Crippen molar-refractivity contribution in [2.75, 3.05) is 19.6 Å². The van der Waals surface area contributed by atoms with Gasteiger partial charge in [0, 0.05) is 19.0 Å². The van der Waals surface area contributed by atoms with E-state index in [0.29, 0.717) is 30.9 Å². The van der Waals surface area contributed by atoms with E-state index in [0.717, 1.165) is 24.4 Å². The molecule has 2 aromatic carbocycles. The van der Waals surface area contributed by atoms with E-state index in [1.165, 1.54) is 23.3 Å². The summed E-state index contributed by atoms with van der Waals surface area (Å²) in [6, 6.07) is 13.0. The number of carbonyl (C=O) groups excluding carboxylic acids is 1. The second-order valence-electron chi connectivity index (χ2n) is 7.24. The van der Waals surface area contributed by atoms with Gasteiger partial charge in [-0.3, -0.25) is 0 Å². The average Bonchev–Trinajstić information content (AvgIpc) is 3.24. The van der Waals surface area contributed by atoms with Crippen LogP contribution in [-0.2, 0) is 6.61 Å². The molecule has 3 atom stereocenters. The quantitative estimate of drug-likeness (QED) is 0.849. The van der Waals surface area contributed by atoms with Gasteiger partial charge < -0.3 is 25.3 Å². The van der Waals surface area contributed by atoms with Crippen LogP contribution in [0.15, 0.2) is 42.5 Å². The van der Waals surface area contributed by atoms with Crippen LogP contribution in [0.3, 0.4) is 0 Å². The molecule has 1 saturated heterocycles. The van der Waals surface area contributed by atoms with Crippen molar-refractivity contribution in [3.63, 3.8) is 0 Å². The highest BCUT2D eigenvalue weighted by atomic mass is 19.1. The normalized spacial score (nSPS) is 21.9. The van der Waals surface area contributed by atoms with Crippen LogP contribution < -0.4 is 20.5 Å². The number of fused-ring (bicyclic) bond motifs is 3. The van der Waals surface area contributed by atoms with Gasteiger partial charge in [-0.25, -0.2) is 4.39 Å². The monoisotopic (exact) mass is 385 g/mol. The van der Waals surface area contributed by atoms with Crippen molar-refractivity contribution < 1.29 is 19.0 Å². The zero-order chi connectivity index (χ0) is 20.1. The van der Waals surface area contributed by atoms with Crippen LogP contribution in [0.25, 0.3) is 0 Å². The number of hydrogen-bond acceptors (Lipinski definition) is 4. The molecule has 0 bridgehead atoms. The minimum atomic E-state index is -1.21. The molecule has 2 aromatic rings. The SMILES string of the molecule is CC1c2ccc(OCc3cccc(F)c3)cc2C2CNCC12.CCNC(=O)[O-]. The van der Waals surface area contributed by atoms with Gasteiger partial charge in [0.05, 0.1) is 0 Å². The molecule has 0 saturated carbocycles. The number of amides is 1. The minimum Gasteiger partial charge on any atom is -0.530 e. The summed E-state index contributed by atoms with van der Waals surface area (Å²) in [4.78, 5) is 9.38. The molecule has 1 fully saturated rings. The molecule has 2 aliphatic rings. The first-order valence-electron chi connectivity index (χ1n) is 9.66. The fourth-order valence-corrected chi connectivity index (χ4v) is 4.11. The molecule has 1 amide bonds. The van der Waals surface area contributed by atoms with Crippen molar-refractivity contribution in [1.82, 2.24) is 10.6 Å². The minimum absolute atomic E-state index is 0.219. The van der Waals surface area contributed by atoms with Gasteiger partial charge in [-0.2, -0.15) is 0 Å². The predicted molar refractivity (Wildman–Crippen MR) is 104 cm³/mol. The van der Waals surface area contributed by atoms with Gasteiger partial charge in [0.2, 0.25) is 0 Å². The van der Waals surface area contributed by atoms with E-state index in [1.54, 1.807) is 13.0 Å². The van der Waals surface area contributed by atoms with Gasteiger partial charge in [0.1, 0.15) is 24.3 Å². The van der Waals surface area contributed by atoms with Crippen molar-refractivity contribution in [1.29, 1.82) is 0 Å². The molecule has 28 heavy (non-hydrogen) atoms. The number of rotatable bonds is 4. The van der Waals surface area contributed by atoms with Crippen LogP contribution >= 0.6 is 0 Å². The highest BCUT2D eigenvalue weighted by molar-refractivity contribution is 5.61. The third kappa shape index (κ3) is 4.62. The molecule has 4 rings (SSSR count). The Morgan fingerprint density at radius 2 is 2.07 bits per heavy atom. The summed E-state index contributed by atoms with van der Waals surface area (Å²) >= 11 is 0. The maximum atomic E-state index is 13.2. The van der Waals surface area contributed by atoms with Gasteiger partial charge >= 0.3 is 0 Å². The van der Waals surface area contributed by atoms with E-state index in [9.17, 15) is 14.3 Å². The lowest BCUT2D eigenvalue weighted by Gasteiger charge is -2.12. The molecule has 2 N–H and O–H groups in total. The number of hydrogen-bond donors (Lipinski definition) is 2. The lowest BCUT2D eigenvalue weighted by Crippen LogP contribution is -2.35. The average molecular weight is 385 g/mol. The standard InChI is InChI=1S/C19H20FNO.C3H7NO2/c1-12-16-6-5-15(8-17(16)19-10-21-9-18(12)19)22-11-13-3-2-4-14(20)7-13;1-2-4-3(5)6/h2-8,12,18-19,21H,9-11H2,1H3;4H,2H2,1H3,(H,5,6)/p-1. The van der Waals surface area contributed by atoms with Crippen LogP contribution in [-0.4, -0.2) is 25.7 Å². The summed E-state index contributed by atoms with van der Waals surface area (Å²) < 4.78 is 19.1. The predicted octanol–water partition coefficient (Wildman–Crippen LogP) is 2.76. The zero-order valence-corrected chi connectivity index (χ0v) is 16.2. The third-order valence-electron chi connectivity index (χ3n) is 5.47. The maximum absolute atomic E-state index is 13.2. The molecule has 150 valence electrons. The zero-order valence-electron chi connectivity index (χ0n) is 16.2. The lowest BCUT2D eigenvalue weighted by molar-refractivity contribution is -0.250. The van der Waals surface area contributed by atoms with Crippen molar-refractivity contribution >= 4 is 6.09 Å². The summed E-state index contributed by atoms with van der Waals surface area (Å²) in [6.07, 6.45) is -1.21. The maximum Gasteiger partial charge on any atom is 0.134 e. The molecule has 6 heteroatoms. The van der Waals surface area contributed by atoms with Crippen molar-refractivity contribution in [3.05, 3.63) is 65.0 Å². The highest BCUT2D eigenvalue weighted by Crippen LogP contribution is 2.48. The van der Waals surface area contributed by atoms with Crippen LogP contribution in [0.5, 0.6) is 5.75 Å². The van der Waals surface area contributed by atoms with Gasteiger partial charge in [-0.1, -0.05) is 25.1 Å². The first kappa shape index (κ1) is 20.1. The summed E-state index contributed by atoms with van der Waals surface area (Å²) in [7, 11) is 0. The van der Waals surface area contributed by atoms with E-state index in [2.05, 4.69) is 24.4 Å². The number of carbonyl (C=O) groups is 1. The van der Waals surface area contributed by atoms with Gasteiger partial charge in [-0.05, 0) is 66.3 Å². The van der Waals surface area contributed by atoms with Crippen molar-refractivity contribution in [2.45, 2.75) is 32.3 Å². The van der Waals surface area contributed by atoms with Crippen molar-refractivity contribution in [3.8, 4) is 5.75 Å². The number of carboxylic acid groups (broad SMARTS) is 1. The molecule has 1 aliphatic carbocycles. The molecule has 3 unspecified atom stereocenters. The third-order valence-corrected chi connectivity index (χ3v) is 5.47. The molecular weight excluding hydrogens is 359 g/mol. The Balaban J connectivity index is 0.000000330. The van der Waals surface area contributed by atoms with Crippen molar-refractivity contribution in [2.24, 2.45) is 5.92 Å². The van der Waals surface area contributed by atoms with Crippen LogP contribution in [0, 0.1) is 11.7 Å². The number of benzene rings is 2. The molecule has 5 nitrogen and oxygen atoms in total. The molecular formula is C22H26FN2O3-. The highest BCUT2D eigenvalue weighted by Gasteiger charge is 2.41. The Bertz CT molecular complexity index is 827. The number of ether oxygens (including phenoxy) is 1. The molecule has 0 spiro atoms. The van der Waals surface area contributed by atoms with E-state index in [-0.39, 0.29) is 5.82 Å². The Kier molecular flexibility index (Phi) is 6.52. The van der Waals surface area contributed by atoms with Gasteiger partial charge in [0.25, 0.3) is 0 Å². The van der Waals surface area contributed by atoms with E-state index >= 15 is 0 Å². The van der Waals surface area contributed by atoms with Gasteiger partial charge in [0.15, 0.2) is 0 Å². The molecule has 1 heterocycles.